The van der Waals surface area contributed by atoms with Crippen LogP contribution in [-0.4, -0.2) is 28.6 Å². The van der Waals surface area contributed by atoms with E-state index in [4.69, 9.17) is 5.11 Å². The Balaban J connectivity index is 2.13. The zero-order valence-electron chi connectivity index (χ0n) is 9.28. The lowest BCUT2D eigenvalue weighted by Crippen LogP contribution is -2.26. The van der Waals surface area contributed by atoms with E-state index in [2.05, 4.69) is 5.32 Å². The minimum absolute atomic E-state index is 0.109. The molecule has 0 spiro atoms. The number of carboxylic acids is 1. The van der Waals surface area contributed by atoms with Gasteiger partial charge in [-0.3, -0.25) is 0 Å². The highest BCUT2D eigenvalue weighted by atomic mass is 32.2. The fraction of sp³-hybridized carbons (Fsp3) is 0.417. The molecule has 0 aromatic heterocycles. The number of rotatable bonds is 3. The summed E-state index contributed by atoms with van der Waals surface area (Å²) in [6, 6.07) is 4.06. The zero-order chi connectivity index (χ0) is 12.3. The molecule has 1 saturated heterocycles. The van der Waals surface area contributed by atoms with E-state index in [1.54, 1.807) is 0 Å². The van der Waals surface area contributed by atoms with E-state index in [1.807, 2.05) is 11.8 Å². The number of halogens is 1. The topological polar surface area (TPSA) is 49.3 Å². The predicted molar refractivity (Wildman–Crippen MR) is 67.3 cm³/mol. The predicted octanol–water partition coefficient (Wildman–Crippen LogP) is 2.83. The molecule has 1 aromatic rings. The normalized spacial score (nSPS) is 19.9. The first kappa shape index (κ1) is 12.2. The summed E-state index contributed by atoms with van der Waals surface area (Å²) in [6.45, 7) is 0. The van der Waals surface area contributed by atoms with Crippen molar-refractivity contribution in [2.24, 2.45) is 0 Å². The first-order valence-corrected chi connectivity index (χ1v) is 6.69. The molecule has 92 valence electrons. The highest BCUT2D eigenvalue weighted by Gasteiger charge is 2.16. The molecule has 0 aliphatic carbocycles. The highest BCUT2D eigenvalue weighted by molar-refractivity contribution is 7.99. The van der Waals surface area contributed by atoms with Gasteiger partial charge in [0, 0.05) is 11.8 Å². The molecule has 5 heteroatoms. The van der Waals surface area contributed by atoms with Crippen LogP contribution in [-0.2, 0) is 0 Å². The lowest BCUT2D eigenvalue weighted by Gasteiger charge is -2.23. The number of carboxylic acid groups (broad SMARTS) is 1. The molecular formula is C12H14FNO2S. The molecule has 1 aliphatic heterocycles. The van der Waals surface area contributed by atoms with Crippen molar-refractivity contribution in [2.75, 3.05) is 16.8 Å². The number of hydrogen-bond donors (Lipinski definition) is 2. The van der Waals surface area contributed by atoms with Crippen LogP contribution in [0.3, 0.4) is 0 Å². The number of anilines is 1. The average Bonchev–Trinajstić information content (AvgIpc) is 2.33. The Morgan fingerprint density at radius 2 is 2.35 bits per heavy atom. The molecule has 0 amide bonds. The van der Waals surface area contributed by atoms with E-state index in [1.165, 1.54) is 18.2 Å². The van der Waals surface area contributed by atoms with E-state index >= 15 is 0 Å². The molecule has 2 rings (SSSR count). The third kappa shape index (κ3) is 3.12. The van der Waals surface area contributed by atoms with Gasteiger partial charge in [0.2, 0.25) is 0 Å². The van der Waals surface area contributed by atoms with Gasteiger partial charge in [0.15, 0.2) is 0 Å². The Hall–Kier alpha value is -1.23. The third-order valence-corrected chi connectivity index (χ3v) is 3.95. The SMILES string of the molecule is O=C(O)c1ccc(F)c(NC2CCCSC2)c1. The molecule has 1 fully saturated rings. The first-order chi connectivity index (χ1) is 8.16. The van der Waals surface area contributed by atoms with E-state index in [9.17, 15) is 9.18 Å². The van der Waals surface area contributed by atoms with Gasteiger partial charge < -0.3 is 10.4 Å². The molecular weight excluding hydrogens is 241 g/mol. The second-order valence-electron chi connectivity index (χ2n) is 4.06. The standard InChI is InChI=1S/C12H14FNO2S/c13-10-4-3-8(12(15)16)6-11(10)14-9-2-1-5-17-7-9/h3-4,6,9,14H,1-2,5,7H2,(H,15,16). The van der Waals surface area contributed by atoms with Crippen molar-refractivity contribution >= 4 is 23.4 Å². The lowest BCUT2D eigenvalue weighted by atomic mass is 10.1. The second-order valence-corrected chi connectivity index (χ2v) is 5.21. The van der Waals surface area contributed by atoms with Crippen molar-refractivity contribution in [3.63, 3.8) is 0 Å². The van der Waals surface area contributed by atoms with Crippen LogP contribution in [0.1, 0.15) is 23.2 Å². The van der Waals surface area contributed by atoms with Crippen LogP contribution in [0.4, 0.5) is 10.1 Å². The van der Waals surface area contributed by atoms with E-state index in [-0.39, 0.29) is 17.3 Å². The molecule has 1 atom stereocenters. The summed E-state index contributed by atoms with van der Waals surface area (Å²) in [5, 5.41) is 11.9. The summed E-state index contributed by atoms with van der Waals surface area (Å²) in [5.41, 5.74) is 0.398. The molecule has 0 saturated carbocycles. The quantitative estimate of drug-likeness (QED) is 0.872. The van der Waals surface area contributed by atoms with Crippen LogP contribution in [0.15, 0.2) is 18.2 Å². The molecule has 1 aliphatic rings. The molecule has 2 N–H and O–H groups in total. The van der Waals surface area contributed by atoms with Gasteiger partial charge in [0.1, 0.15) is 5.82 Å². The molecule has 1 unspecified atom stereocenters. The molecule has 1 heterocycles. The van der Waals surface area contributed by atoms with Crippen molar-refractivity contribution in [1.29, 1.82) is 0 Å². The fourth-order valence-corrected chi connectivity index (χ4v) is 2.92. The van der Waals surface area contributed by atoms with Crippen LogP contribution >= 0.6 is 11.8 Å². The van der Waals surface area contributed by atoms with Crippen molar-refractivity contribution in [3.05, 3.63) is 29.6 Å². The Bertz CT molecular complexity index is 419. The van der Waals surface area contributed by atoms with Crippen LogP contribution in [0.2, 0.25) is 0 Å². The Kier molecular flexibility index (Phi) is 3.89. The van der Waals surface area contributed by atoms with Gasteiger partial charge in [-0.15, -0.1) is 0 Å². The average molecular weight is 255 g/mol. The number of aromatic carboxylic acids is 1. The van der Waals surface area contributed by atoms with E-state index in [0.717, 1.165) is 24.3 Å². The Morgan fingerprint density at radius 3 is 3.00 bits per heavy atom. The van der Waals surface area contributed by atoms with Crippen molar-refractivity contribution in [1.82, 2.24) is 0 Å². The molecule has 3 nitrogen and oxygen atoms in total. The summed E-state index contributed by atoms with van der Waals surface area (Å²) < 4.78 is 13.5. The molecule has 17 heavy (non-hydrogen) atoms. The molecule has 0 bridgehead atoms. The zero-order valence-corrected chi connectivity index (χ0v) is 10.1. The van der Waals surface area contributed by atoms with Crippen LogP contribution in [0, 0.1) is 5.82 Å². The van der Waals surface area contributed by atoms with Gasteiger partial charge in [0.25, 0.3) is 0 Å². The lowest BCUT2D eigenvalue weighted by molar-refractivity contribution is 0.0697. The molecule has 0 radical (unpaired) electrons. The second kappa shape index (κ2) is 5.40. The summed E-state index contributed by atoms with van der Waals surface area (Å²) >= 11 is 1.84. The van der Waals surface area contributed by atoms with Crippen LogP contribution in [0.25, 0.3) is 0 Å². The summed E-state index contributed by atoms with van der Waals surface area (Å²) in [6.07, 6.45) is 2.12. The molecule has 1 aromatic carbocycles. The Morgan fingerprint density at radius 1 is 1.53 bits per heavy atom. The summed E-state index contributed by atoms with van der Waals surface area (Å²) in [4.78, 5) is 10.8. The number of thioether (sulfide) groups is 1. The van der Waals surface area contributed by atoms with Crippen LogP contribution in [0.5, 0.6) is 0 Å². The van der Waals surface area contributed by atoms with Crippen molar-refractivity contribution in [3.8, 4) is 0 Å². The summed E-state index contributed by atoms with van der Waals surface area (Å²) in [5.74, 6) is 0.656. The number of nitrogens with one attached hydrogen (secondary N) is 1. The van der Waals surface area contributed by atoms with Gasteiger partial charge in [0.05, 0.1) is 11.3 Å². The number of benzene rings is 1. The monoisotopic (exact) mass is 255 g/mol. The fourth-order valence-electron chi connectivity index (χ4n) is 1.84. The van der Waals surface area contributed by atoms with Gasteiger partial charge in [-0.25, -0.2) is 9.18 Å². The van der Waals surface area contributed by atoms with Gasteiger partial charge in [-0.05, 0) is 36.8 Å². The minimum atomic E-state index is -1.04. The van der Waals surface area contributed by atoms with Gasteiger partial charge >= 0.3 is 5.97 Å². The maximum absolute atomic E-state index is 13.5. The minimum Gasteiger partial charge on any atom is -0.478 e. The summed E-state index contributed by atoms with van der Waals surface area (Å²) in [7, 11) is 0. The highest BCUT2D eigenvalue weighted by Crippen LogP contribution is 2.23. The van der Waals surface area contributed by atoms with Crippen molar-refractivity contribution < 1.29 is 14.3 Å². The first-order valence-electron chi connectivity index (χ1n) is 5.54. The maximum atomic E-state index is 13.5. The van der Waals surface area contributed by atoms with Gasteiger partial charge in [-0.1, -0.05) is 0 Å². The smallest absolute Gasteiger partial charge is 0.335 e. The Labute approximate surface area is 103 Å². The van der Waals surface area contributed by atoms with Gasteiger partial charge in [-0.2, -0.15) is 11.8 Å². The largest absolute Gasteiger partial charge is 0.478 e. The maximum Gasteiger partial charge on any atom is 0.335 e. The third-order valence-electron chi connectivity index (χ3n) is 2.73. The number of carbonyl (C=O) groups is 1. The van der Waals surface area contributed by atoms with Crippen molar-refractivity contribution in [2.45, 2.75) is 18.9 Å². The van der Waals surface area contributed by atoms with E-state index < -0.39 is 11.8 Å². The van der Waals surface area contributed by atoms with Crippen LogP contribution < -0.4 is 5.32 Å². The van der Waals surface area contributed by atoms with E-state index in [0.29, 0.717) is 0 Å². The number of hydrogen-bond acceptors (Lipinski definition) is 3.